The third kappa shape index (κ3) is 4.83. The van der Waals surface area contributed by atoms with Crippen molar-refractivity contribution in [3.05, 3.63) is 59.3 Å². The molecule has 31 heavy (non-hydrogen) atoms. The number of nitrogens with zero attached hydrogens (tertiary/aromatic N) is 2. The molecule has 4 rings (SSSR count). The molecule has 0 spiro atoms. The van der Waals surface area contributed by atoms with E-state index in [9.17, 15) is 13.2 Å². The van der Waals surface area contributed by atoms with Gasteiger partial charge in [-0.15, -0.1) is 0 Å². The number of hydrogen-bond acceptors (Lipinski definition) is 3. The number of hydrogen-bond donors (Lipinski definition) is 1. The first-order valence-electron chi connectivity index (χ1n) is 11.1. The fourth-order valence-electron chi connectivity index (χ4n) is 4.57. The maximum absolute atomic E-state index is 13.7. The van der Waals surface area contributed by atoms with Crippen LogP contribution in [-0.2, 0) is 6.18 Å². The monoisotopic (exact) mass is 427 g/mol. The topological polar surface area (TPSA) is 37.3 Å². The van der Waals surface area contributed by atoms with Crippen LogP contribution in [0.2, 0.25) is 0 Å². The number of amidine groups is 1. The third-order valence-corrected chi connectivity index (χ3v) is 6.22. The maximum Gasteiger partial charge on any atom is 0.417 e. The summed E-state index contributed by atoms with van der Waals surface area (Å²) in [6.45, 7) is 4.14. The van der Waals surface area contributed by atoms with Gasteiger partial charge in [-0.1, -0.05) is 44.4 Å². The third-order valence-electron chi connectivity index (χ3n) is 6.22. The molecular weight excluding hydrogens is 399 g/mol. The molecule has 6 heteroatoms. The molecular formula is C25H28F3N3. The molecule has 0 amide bonds. The minimum absolute atomic E-state index is 0.113. The first-order valence-corrected chi connectivity index (χ1v) is 11.1. The Labute approximate surface area is 181 Å². The van der Waals surface area contributed by atoms with E-state index >= 15 is 0 Å². The molecule has 0 radical (unpaired) electrons. The summed E-state index contributed by atoms with van der Waals surface area (Å²) in [6.07, 6.45) is 4.01. The number of rotatable bonds is 4. The summed E-state index contributed by atoms with van der Waals surface area (Å²) in [5.74, 6) is 1.03. The van der Waals surface area contributed by atoms with E-state index in [4.69, 9.17) is 9.98 Å². The Kier molecular flexibility index (Phi) is 6.17. The van der Waals surface area contributed by atoms with Crippen LogP contribution >= 0.6 is 0 Å². The van der Waals surface area contributed by atoms with E-state index < -0.39 is 11.7 Å². The first-order chi connectivity index (χ1) is 14.8. The van der Waals surface area contributed by atoms with E-state index in [-0.39, 0.29) is 17.5 Å². The van der Waals surface area contributed by atoms with Gasteiger partial charge < -0.3 is 5.32 Å². The van der Waals surface area contributed by atoms with Gasteiger partial charge in [-0.05, 0) is 56.0 Å². The predicted octanol–water partition coefficient (Wildman–Crippen LogP) is 7.36. The Hall–Kier alpha value is -2.63. The van der Waals surface area contributed by atoms with Crippen LogP contribution in [0.25, 0.3) is 11.3 Å². The second-order valence-electron chi connectivity index (χ2n) is 8.50. The van der Waals surface area contributed by atoms with Crippen LogP contribution in [0, 0.1) is 0 Å². The summed E-state index contributed by atoms with van der Waals surface area (Å²) in [5, 5.41) is 3.34. The molecule has 1 saturated carbocycles. The molecule has 1 atom stereocenters. The summed E-state index contributed by atoms with van der Waals surface area (Å²) >= 11 is 0. The molecule has 2 aliphatic rings. The van der Waals surface area contributed by atoms with Crippen molar-refractivity contribution in [1.82, 2.24) is 4.98 Å². The molecule has 164 valence electrons. The minimum Gasteiger partial charge on any atom is -0.340 e. The van der Waals surface area contributed by atoms with Gasteiger partial charge in [0.1, 0.15) is 5.84 Å². The van der Waals surface area contributed by atoms with Gasteiger partial charge >= 0.3 is 6.18 Å². The molecule has 1 aliphatic carbocycles. The number of nitrogens with one attached hydrogen (secondary N) is 1. The number of pyridine rings is 1. The molecule has 2 aromatic rings. The molecule has 1 aromatic heterocycles. The van der Waals surface area contributed by atoms with Crippen LogP contribution < -0.4 is 5.32 Å². The van der Waals surface area contributed by atoms with E-state index in [0.29, 0.717) is 5.69 Å². The standard InChI is InChI=1S/C25H28F3N3/c1-3-21-16(2)13-24(31-21)29-18-14-22(17-9-5-4-6-10-17)30-23(15-18)19-11-7-8-12-20(19)25(26,27)28/h7-8,11-15,17,21H,3-6,9-10H2,1-2H3,(H,29,30,31). The van der Waals surface area contributed by atoms with Crippen LogP contribution in [0.15, 0.2) is 53.0 Å². The number of anilines is 1. The smallest absolute Gasteiger partial charge is 0.340 e. The molecule has 1 fully saturated rings. The van der Waals surface area contributed by atoms with Gasteiger partial charge in [0.2, 0.25) is 0 Å². The molecule has 1 N–H and O–H groups in total. The van der Waals surface area contributed by atoms with E-state index in [1.54, 1.807) is 12.1 Å². The molecule has 3 nitrogen and oxygen atoms in total. The van der Waals surface area contributed by atoms with Crippen LogP contribution in [-0.4, -0.2) is 16.9 Å². The minimum atomic E-state index is -4.43. The summed E-state index contributed by atoms with van der Waals surface area (Å²) in [6, 6.07) is 9.53. The van der Waals surface area contributed by atoms with Crippen molar-refractivity contribution < 1.29 is 13.2 Å². The Balaban J connectivity index is 1.76. The normalized spacial score (nSPS) is 19.8. The van der Waals surface area contributed by atoms with Gasteiger partial charge in [-0.3, -0.25) is 9.98 Å². The Morgan fingerprint density at radius 3 is 2.48 bits per heavy atom. The van der Waals surface area contributed by atoms with Crippen molar-refractivity contribution in [1.29, 1.82) is 0 Å². The van der Waals surface area contributed by atoms with Gasteiger partial charge in [-0.2, -0.15) is 13.2 Å². The lowest BCUT2D eigenvalue weighted by molar-refractivity contribution is -0.137. The molecule has 1 aromatic carbocycles. The highest BCUT2D eigenvalue weighted by Crippen LogP contribution is 2.39. The van der Waals surface area contributed by atoms with Crippen molar-refractivity contribution in [3.8, 4) is 11.3 Å². The van der Waals surface area contributed by atoms with Gasteiger partial charge in [0.15, 0.2) is 0 Å². The summed E-state index contributed by atoms with van der Waals surface area (Å²) in [5.41, 5.74) is 2.60. The highest BCUT2D eigenvalue weighted by molar-refractivity contribution is 6.06. The Morgan fingerprint density at radius 2 is 1.81 bits per heavy atom. The molecule has 2 heterocycles. The zero-order valence-electron chi connectivity index (χ0n) is 18.0. The zero-order valence-corrected chi connectivity index (χ0v) is 18.0. The average molecular weight is 428 g/mol. The first kappa shape index (κ1) is 21.6. The maximum atomic E-state index is 13.7. The molecule has 1 aliphatic heterocycles. The van der Waals surface area contributed by atoms with Gasteiger partial charge in [-0.25, -0.2) is 0 Å². The lowest BCUT2D eigenvalue weighted by Gasteiger charge is -2.23. The van der Waals surface area contributed by atoms with Crippen molar-refractivity contribution >= 4 is 11.5 Å². The van der Waals surface area contributed by atoms with Crippen molar-refractivity contribution in [2.75, 3.05) is 5.32 Å². The number of alkyl halides is 3. The van der Waals surface area contributed by atoms with Gasteiger partial charge in [0, 0.05) is 22.9 Å². The Morgan fingerprint density at radius 1 is 1.06 bits per heavy atom. The predicted molar refractivity (Wildman–Crippen MR) is 119 cm³/mol. The summed E-state index contributed by atoms with van der Waals surface area (Å²) in [4.78, 5) is 9.42. The van der Waals surface area contributed by atoms with E-state index in [0.717, 1.165) is 55.4 Å². The highest BCUT2D eigenvalue weighted by Gasteiger charge is 2.34. The fourth-order valence-corrected chi connectivity index (χ4v) is 4.57. The number of aromatic nitrogens is 1. The molecule has 0 saturated heterocycles. The number of aliphatic imine (C=N–C) groups is 1. The lowest BCUT2D eigenvalue weighted by atomic mass is 9.86. The average Bonchev–Trinajstić information content (AvgIpc) is 3.12. The Bertz CT molecular complexity index is 1000. The van der Waals surface area contributed by atoms with Crippen LogP contribution in [0.4, 0.5) is 18.9 Å². The quantitative estimate of drug-likeness (QED) is 0.553. The second kappa shape index (κ2) is 8.85. The number of halogens is 3. The molecule has 0 bridgehead atoms. The summed E-state index contributed by atoms with van der Waals surface area (Å²) in [7, 11) is 0. The number of benzene rings is 1. The van der Waals surface area contributed by atoms with Crippen molar-refractivity contribution in [3.63, 3.8) is 0 Å². The summed E-state index contributed by atoms with van der Waals surface area (Å²) < 4.78 is 41.0. The zero-order chi connectivity index (χ0) is 22.0. The van der Waals surface area contributed by atoms with Crippen molar-refractivity contribution in [2.24, 2.45) is 4.99 Å². The van der Waals surface area contributed by atoms with Gasteiger partial charge in [0.25, 0.3) is 0 Å². The molecule has 1 unspecified atom stereocenters. The fraction of sp³-hybridized carbons (Fsp3) is 0.440. The van der Waals surface area contributed by atoms with Crippen molar-refractivity contribution in [2.45, 2.75) is 70.5 Å². The van der Waals surface area contributed by atoms with E-state index in [2.05, 4.69) is 19.2 Å². The lowest BCUT2D eigenvalue weighted by Crippen LogP contribution is -2.12. The largest absolute Gasteiger partial charge is 0.417 e. The van der Waals surface area contributed by atoms with Crippen LogP contribution in [0.3, 0.4) is 0 Å². The van der Waals surface area contributed by atoms with E-state index in [1.165, 1.54) is 24.1 Å². The SMILES string of the molecule is CCC1N=C(Nc2cc(-c3ccccc3C(F)(F)F)nc(C3CCCCC3)c2)C=C1C. The van der Waals surface area contributed by atoms with Gasteiger partial charge in [0.05, 0.1) is 17.3 Å². The van der Waals surface area contributed by atoms with Crippen LogP contribution in [0.1, 0.15) is 69.5 Å². The van der Waals surface area contributed by atoms with Crippen LogP contribution in [0.5, 0.6) is 0 Å². The highest BCUT2D eigenvalue weighted by atomic mass is 19.4. The second-order valence-corrected chi connectivity index (χ2v) is 8.50. The van der Waals surface area contributed by atoms with E-state index in [1.807, 2.05) is 12.1 Å².